The first-order valence-electron chi connectivity index (χ1n) is 8.58. The first kappa shape index (κ1) is 22.0. The molecule has 2 aromatic rings. The maximum Gasteiger partial charge on any atom is 0.416 e. The molecule has 3 amide bonds. The number of rotatable bonds is 6. The van der Waals surface area contributed by atoms with Crippen molar-refractivity contribution in [2.75, 3.05) is 13.2 Å². The highest BCUT2D eigenvalue weighted by molar-refractivity contribution is 5.96. The van der Waals surface area contributed by atoms with Crippen LogP contribution in [0.25, 0.3) is 11.3 Å². The molecule has 0 saturated heterocycles. The third-order valence-electron chi connectivity index (χ3n) is 3.54. The maximum atomic E-state index is 12.8. The second-order valence-corrected chi connectivity index (χ2v) is 6.47. The third-order valence-corrected chi connectivity index (χ3v) is 3.54. The van der Waals surface area contributed by atoms with Gasteiger partial charge in [0, 0.05) is 12.1 Å². The summed E-state index contributed by atoms with van der Waals surface area (Å²) < 4.78 is 48.4. The number of benzene rings is 1. The number of carbonyl (C=O) groups excluding carboxylic acids is 3. The zero-order chi connectivity index (χ0) is 21.6. The quantitative estimate of drug-likeness (QED) is 0.707. The monoisotopic (exact) mass is 412 g/mol. The van der Waals surface area contributed by atoms with Crippen LogP contribution in [-0.2, 0) is 15.7 Å². The summed E-state index contributed by atoms with van der Waals surface area (Å²) in [6.45, 7) is 3.39. The minimum Gasteiger partial charge on any atom is -0.450 e. The molecule has 1 aromatic heterocycles. The van der Waals surface area contributed by atoms with Crippen molar-refractivity contribution in [2.24, 2.45) is 5.92 Å². The third kappa shape index (κ3) is 6.66. The molecular formula is C19H19F3N2O5. The van der Waals surface area contributed by atoms with E-state index in [0.717, 1.165) is 12.1 Å². The molecule has 10 heteroatoms. The van der Waals surface area contributed by atoms with Gasteiger partial charge in [-0.15, -0.1) is 0 Å². The van der Waals surface area contributed by atoms with Crippen molar-refractivity contribution in [1.82, 2.24) is 10.6 Å². The van der Waals surface area contributed by atoms with Crippen molar-refractivity contribution in [3.63, 3.8) is 0 Å². The fourth-order valence-electron chi connectivity index (χ4n) is 2.16. The zero-order valence-electron chi connectivity index (χ0n) is 15.6. The zero-order valence-corrected chi connectivity index (χ0v) is 15.6. The van der Waals surface area contributed by atoms with E-state index in [-0.39, 0.29) is 23.0 Å². The standard InChI is InChI=1S/C19H19F3N2O5/c1-11(2)9-23-18(27)24-16(25)10-28-17(26)15-7-6-14(29-15)12-4-3-5-13(8-12)19(20,21)22/h3-8,11H,9-10H2,1-2H3,(H2,23,24,25,27). The molecule has 156 valence electrons. The van der Waals surface area contributed by atoms with E-state index in [1.54, 1.807) is 0 Å². The Labute approximate surface area is 164 Å². The maximum absolute atomic E-state index is 12.8. The van der Waals surface area contributed by atoms with Gasteiger partial charge in [-0.05, 0) is 30.2 Å². The minimum absolute atomic E-state index is 0.0283. The molecule has 2 rings (SSSR count). The fourth-order valence-corrected chi connectivity index (χ4v) is 2.16. The summed E-state index contributed by atoms with van der Waals surface area (Å²) in [5.41, 5.74) is -0.735. The summed E-state index contributed by atoms with van der Waals surface area (Å²) >= 11 is 0. The second kappa shape index (κ2) is 9.26. The van der Waals surface area contributed by atoms with E-state index in [4.69, 9.17) is 9.15 Å². The summed E-state index contributed by atoms with van der Waals surface area (Å²) in [5.74, 6) is -1.92. The van der Waals surface area contributed by atoms with Gasteiger partial charge in [-0.25, -0.2) is 9.59 Å². The van der Waals surface area contributed by atoms with E-state index in [1.165, 1.54) is 24.3 Å². The van der Waals surface area contributed by atoms with Crippen molar-refractivity contribution < 1.29 is 36.7 Å². The number of esters is 1. The van der Waals surface area contributed by atoms with E-state index < -0.39 is 36.3 Å². The summed E-state index contributed by atoms with van der Waals surface area (Å²) in [4.78, 5) is 35.0. The minimum atomic E-state index is -4.51. The van der Waals surface area contributed by atoms with Gasteiger partial charge >= 0.3 is 18.2 Å². The number of furan rings is 1. The van der Waals surface area contributed by atoms with Gasteiger partial charge in [0.05, 0.1) is 5.56 Å². The van der Waals surface area contributed by atoms with Gasteiger partial charge in [-0.3, -0.25) is 10.1 Å². The predicted molar refractivity (Wildman–Crippen MR) is 95.8 cm³/mol. The van der Waals surface area contributed by atoms with E-state index in [2.05, 4.69) is 5.32 Å². The Balaban J connectivity index is 1.93. The summed E-state index contributed by atoms with van der Waals surface area (Å²) in [7, 11) is 0. The first-order chi connectivity index (χ1) is 13.6. The Morgan fingerprint density at radius 3 is 2.52 bits per heavy atom. The summed E-state index contributed by atoms with van der Waals surface area (Å²) in [6.07, 6.45) is -4.51. The Hall–Kier alpha value is -3.30. The largest absolute Gasteiger partial charge is 0.450 e. The molecule has 0 unspecified atom stereocenters. The molecule has 0 aliphatic rings. The molecule has 0 aliphatic carbocycles. The summed E-state index contributed by atoms with van der Waals surface area (Å²) in [6, 6.07) is 6.22. The number of hydrogen-bond donors (Lipinski definition) is 2. The lowest BCUT2D eigenvalue weighted by atomic mass is 10.1. The number of ether oxygens (including phenoxy) is 1. The molecule has 0 spiro atoms. The van der Waals surface area contributed by atoms with Crippen LogP contribution in [0.1, 0.15) is 30.0 Å². The smallest absolute Gasteiger partial charge is 0.416 e. The van der Waals surface area contributed by atoms with Crippen LogP contribution >= 0.6 is 0 Å². The SMILES string of the molecule is CC(C)CNC(=O)NC(=O)COC(=O)c1ccc(-c2cccc(C(F)(F)F)c2)o1. The van der Waals surface area contributed by atoms with Gasteiger partial charge in [0.15, 0.2) is 6.61 Å². The first-order valence-corrected chi connectivity index (χ1v) is 8.58. The Bertz CT molecular complexity index is 890. The number of imide groups is 1. The number of hydrogen-bond acceptors (Lipinski definition) is 5. The van der Waals surface area contributed by atoms with Gasteiger partial charge in [0.1, 0.15) is 5.76 Å². The van der Waals surface area contributed by atoms with Crippen LogP contribution in [0.2, 0.25) is 0 Å². The summed E-state index contributed by atoms with van der Waals surface area (Å²) in [5, 5.41) is 4.45. The Kier molecular flexibility index (Phi) is 7.03. The molecule has 0 bridgehead atoms. The highest BCUT2D eigenvalue weighted by Gasteiger charge is 2.30. The molecule has 2 N–H and O–H groups in total. The molecule has 29 heavy (non-hydrogen) atoms. The number of urea groups is 1. The molecule has 0 saturated carbocycles. The molecule has 1 heterocycles. The van der Waals surface area contributed by atoms with Gasteiger partial charge < -0.3 is 14.5 Å². The van der Waals surface area contributed by atoms with Crippen LogP contribution in [0.5, 0.6) is 0 Å². The molecule has 0 radical (unpaired) electrons. The number of halogens is 3. The van der Waals surface area contributed by atoms with Gasteiger partial charge in [-0.1, -0.05) is 26.0 Å². The van der Waals surface area contributed by atoms with E-state index in [0.29, 0.717) is 6.54 Å². The van der Waals surface area contributed by atoms with Gasteiger partial charge in [0.2, 0.25) is 5.76 Å². The number of carbonyl (C=O) groups is 3. The van der Waals surface area contributed by atoms with Crippen molar-refractivity contribution in [3.8, 4) is 11.3 Å². The predicted octanol–water partition coefficient (Wildman–Crippen LogP) is 3.60. The normalized spacial score (nSPS) is 11.2. The number of amides is 3. The molecule has 0 aliphatic heterocycles. The van der Waals surface area contributed by atoms with Crippen LogP contribution in [0, 0.1) is 5.92 Å². The highest BCUT2D eigenvalue weighted by atomic mass is 19.4. The molecule has 0 atom stereocenters. The van der Waals surface area contributed by atoms with Crippen LogP contribution in [0.15, 0.2) is 40.8 Å². The Morgan fingerprint density at radius 2 is 1.86 bits per heavy atom. The fraction of sp³-hybridized carbons (Fsp3) is 0.316. The molecule has 7 nitrogen and oxygen atoms in total. The van der Waals surface area contributed by atoms with E-state index in [9.17, 15) is 27.6 Å². The highest BCUT2D eigenvalue weighted by Crippen LogP contribution is 2.32. The van der Waals surface area contributed by atoms with Gasteiger partial charge in [-0.2, -0.15) is 13.2 Å². The van der Waals surface area contributed by atoms with Crippen molar-refractivity contribution in [1.29, 1.82) is 0 Å². The van der Waals surface area contributed by atoms with Crippen LogP contribution < -0.4 is 10.6 Å². The average Bonchev–Trinajstić information content (AvgIpc) is 3.14. The lowest BCUT2D eigenvalue weighted by molar-refractivity contribution is -0.137. The van der Waals surface area contributed by atoms with E-state index >= 15 is 0 Å². The topological polar surface area (TPSA) is 97.6 Å². The van der Waals surface area contributed by atoms with Crippen molar-refractivity contribution >= 4 is 17.9 Å². The molecule has 0 fully saturated rings. The molecule has 1 aromatic carbocycles. The van der Waals surface area contributed by atoms with E-state index in [1.807, 2.05) is 19.2 Å². The lowest BCUT2D eigenvalue weighted by Crippen LogP contribution is -2.42. The lowest BCUT2D eigenvalue weighted by Gasteiger charge is -2.08. The van der Waals surface area contributed by atoms with Crippen LogP contribution in [0.4, 0.5) is 18.0 Å². The van der Waals surface area contributed by atoms with Gasteiger partial charge in [0.25, 0.3) is 5.91 Å². The second-order valence-electron chi connectivity index (χ2n) is 6.47. The van der Waals surface area contributed by atoms with Crippen molar-refractivity contribution in [3.05, 3.63) is 47.7 Å². The molecular weight excluding hydrogens is 393 g/mol. The Morgan fingerprint density at radius 1 is 1.14 bits per heavy atom. The number of nitrogens with one attached hydrogen (secondary N) is 2. The van der Waals surface area contributed by atoms with Crippen molar-refractivity contribution in [2.45, 2.75) is 20.0 Å². The van der Waals surface area contributed by atoms with Crippen LogP contribution in [-0.4, -0.2) is 31.1 Å². The van der Waals surface area contributed by atoms with Crippen LogP contribution in [0.3, 0.4) is 0 Å². The average molecular weight is 412 g/mol. The number of alkyl halides is 3.